The van der Waals surface area contributed by atoms with E-state index in [9.17, 15) is 0 Å². The van der Waals surface area contributed by atoms with Gasteiger partial charge in [-0.2, -0.15) is 4.98 Å². The number of nitrogens with two attached hydrogens (primary N) is 1. The molecule has 1 fully saturated rings. The molecule has 1 saturated heterocycles. The first kappa shape index (κ1) is 12.0. The Bertz CT molecular complexity index is 542. The molecule has 2 aromatic heterocycles. The highest BCUT2D eigenvalue weighted by Gasteiger charge is 2.25. The van der Waals surface area contributed by atoms with Crippen molar-refractivity contribution in [2.24, 2.45) is 0 Å². The summed E-state index contributed by atoms with van der Waals surface area (Å²) in [7, 11) is 0. The molecule has 19 heavy (non-hydrogen) atoms. The van der Waals surface area contributed by atoms with Crippen molar-refractivity contribution < 1.29 is 4.52 Å². The highest BCUT2D eigenvalue weighted by atomic mass is 16.5. The Morgan fingerprint density at radius 1 is 1.32 bits per heavy atom. The van der Waals surface area contributed by atoms with E-state index in [1.807, 2.05) is 19.1 Å². The van der Waals surface area contributed by atoms with Gasteiger partial charge in [0.05, 0.1) is 11.9 Å². The second kappa shape index (κ2) is 4.87. The second-order valence-electron chi connectivity index (χ2n) is 4.89. The van der Waals surface area contributed by atoms with Crippen molar-refractivity contribution in [1.82, 2.24) is 15.1 Å². The smallest absolute Gasteiger partial charge is 0.229 e. The lowest BCUT2D eigenvalue weighted by Gasteiger charge is -2.31. The van der Waals surface area contributed by atoms with Crippen LogP contribution in [0.1, 0.15) is 30.5 Å². The van der Waals surface area contributed by atoms with Crippen molar-refractivity contribution in [3.63, 3.8) is 0 Å². The summed E-state index contributed by atoms with van der Waals surface area (Å²) in [5, 5.41) is 3.85. The fourth-order valence-electron chi connectivity index (χ4n) is 2.42. The van der Waals surface area contributed by atoms with Gasteiger partial charge in [-0.25, -0.2) is 4.98 Å². The van der Waals surface area contributed by atoms with Crippen LogP contribution in [-0.4, -0.2) is 28.2 Å². The Morgan fingerprint density at radius 3 is 2.68 bits per heavy atom. The number of nitrogen functional groups attached to an aromatic ring is 1. The number of aromatic nitrogens is 3. The van der Waals surface area contributed by atoms with Crippen molar-refractivity contribution in [2.75, 3.05) is 23.7 Å². The predicted octanol–water partition coefficient (Wildman–Crippen LogP) is 1.74. The summed E-state index contributed by atoms with van der Waals surface area (Å²) in [5.41, 5.74) is 6.34. The van der Waals surface area contributed by atoms with Crippen LogP contribution in [0.4, 0.5) is 11.5 Å². The van der Waals surface area contributed by atoms with Crippen LogP contribution in [0.3, 0.4) is 0 Å². The van der Waals surface area contributed by atoms with E-state index < -0.39 is 0 Å². The molecule has 2 N–H and O–H groups in total. The zero-order valence-corrected chi connectivity index (χ0v) is 10.9. The van der Waals surface area contributed by atoms with Gasteiger partial charge in [-0.05, 0) is 31.9 Å². The van der Waals surface area contributed by atoms with Crippen LogP contribution in [0, 0.1) is 6.92 Å². The molecule has 2 aromatic rings. The molecule has 0 saturated carbocycles. The quantitative estimate of drug-likeness (QED) is 0.884. The van der Waals surface area contributed by atoms with E-state index in [0.29, 0.717) is 17.4 Å². The molecule has 3 rings (SSSR count). The summed E-state index contributed by atoms with van der Waals surface area (Å²) < 4.78 is 5.25. The normalized spacial score (nSPS) is 16.8. The third kappa shape index (κ3) is 2.52. The van der Waals surface area contributed by atoms with Crippen LogP contribution in [0.2, 0.25) is 0 Å². The van der Waals surface area contributed by atoms with Gasteiger partial charge in [0.2, 0.25) is 5.89 Å². The van der Waals surface area contributed by atoms with E-state index in [1.54, 1.807) is 6.20 Å². The highest BCUT2D eigenvalue weighted by Crippen LogP contribution is 2.28. The zero-order chi connectivity index (χ0) is 13.2. The minimum absolute atomic E-state index is 0.367. The third-order valence-corrected chi connectivity index (χ3v) is 3.48. The van der Waals surface area contributed by atoms with Crippen molar-refractivity contribution in [1.29, 1.82) is 0 Å². The van der Waals surface area contributed by atoms with Gasteiger partial charge in [0.15, 0.2) is 5.82 Å². The summed E-state index contributed by atoms with van der Waals surface area (Å²) in [6, 6.07) is 3.85. The van der Waals surface area contributed by atoms with E-state index in [-0.39, 0.29) is 0 Å². The van der Waals surface area contributed by atoms with E-state index in [2.05, 4.69) is 20.0 Å². The van der Waals surface area contributed by atoms with Crippen LogP contribution in [0.5, 0.6) is 0 Å². The molecule has 6 heteroatoms. The lowest BCUT2D eigenvalue weighted by atomic mass is 9.97. The molecule has 100 valence electrons. The number of nitrogens with zero attached hydrogens (tertiary/aromatic N) is 4. The first-order valence-corrected chi connectivity index (χ1v) is 6.49. The van der Waals surface area contributed by atoms with Gasteiger partial charge in [0.25, 0.3) is 0 Å². The van der Waals surface area contributed by atoms with Crippen molar-refractivity contribution >= 4 is 11.5 Å². The first-order chi connectivity index (χ1) is 9.22. The van der Waals surface area contributed by atoms with E-state index >= 15 is 0 Å². The lowest BCUT2D eigenvalue weighted by molar-refractivity contribution is 0.327. The molecule has 0 amide bonds. The Balaban J connectivity index is 1.64. The molecule has 6 nitrogen and oxygen atoms in total. The van der Waals surface area contributed by atoms with Crippen molar-refractivity contribution in [3.8, 4) is 0 Å². The summed E-state index contributed by atoms with van der Waals surface area (Å²) in [6.07, 6.45) is 3.71. The van der Waals surface area contributed by atoms with Crippen LogP contribution >= 0.6 is 0 Å². The molecular weight excluding hydrogens is 242 g/mol. The number of hydrogen-bond acceptors (Lipinski definition) is 6. The summed E-state index contributed by atoms with van der Waals surface area (Å²) >= 11 is 0. The van der Waals surface area contributed by atoms with Gasteiger partial charge in [-0.15, -0.1) is 0 Å². The number of pyridine rings is 1. The average Bonchev–Trinajstić information content (AvgIpc) is 2.87. The fourth-order valence-corrected chi connectivity index (χ4v) is 2.42. The maximum absolute atomic E-state index is 5.65. The van der Waals surface area contributed by atoms with Crippen molar-refractivity contribution in [3.05, 3.63) is 30.0 Å². The number of hydrogen-bond donors (Lipinski definition) is 1. The highest BCUT2D eigenvalue weighted by molar-refractivity contribution is 5.46. The molecule has 3 heterocycles. The first-order valence-electron chi connectivity index (χ1n) is 6.49. The van der Waals surface area contributed by atoms with Crippen LogP contribution < -0.4 is 10.6 Å². The molecule has 0 atom stereocenters. The molecular formula is C13H17N5O. The molecule has 0 spiro atoms. The van der Waals surface area contributed by atoms with E-state index in [1.165, 1.54) is 0 Å². The van der Waals surface area contributed by atoms with Crippen molar-refractivity contribution in [2.45, 2.75) is 25.7 Å². The fraction of sp³-hybridized carbons (Fsp3) is 0.462. The molecule has 0 aromatic carbocycles. The Labute approximate surface area is 111 Å². The number of rotatable bonds is 2. The minimum Gasteiger partial charge on any atom is -0.397 e. The largest absolute Gasteiger partial charge is 0.397 e. The third-order valence-electron chi connectivity index (χ3n) is 3.48. The maximum atomic E-state index is 5.65. The SMILES string of the molecule is Cc1noc(C2CCN(c3ccc(N)cn3)CC2)n1. The Kier molecular flexibility index (Phi) is 3.06. The summed E-state index contributed by atoms with van der Waals surface area (Å²) in [5.74, 6) is 2.82. The number of piperidine rings is 1. The van der Waals surface area contributed by atoms with Gasteiger partial charge < -0.3 is 15.2 Å². The molecule has 0 bridgehead atoms. The van der Waals surface area contributed by atoms with Gasteiger partial charge in [0.1, 0.15) is 5.82 Å². The number of aryl methyl sites for hydroxylation is 1. The van der Waals surface area contributed by atoms with E-state index in [0.717, 1.165) is 37.6 Å². The molecule has 0 aliphatic carbocycles. The van der Waals surface area contributed by atoms with Gasteiger partial charge in [-0.3, -0.25) is 0 Å². The summed E-state index contributed by atoms with van der Waals surface area (Å²) in [6.45, 7) is 3.74. The van der Waals surface area contributed by atoms with Crippen LogP contribution in [0.25, 0.3) is 0 Å². The Hall–Kier alpha value is -2.11. The topological polar surface area (TPSA) is 81.1 Å². The second-order valence-corrected chi connectivity index (χ2v) is 4.89. The standard InChI is InChI=1S/C13H17N5O/c1-9-16-13(19-17-9)10-4-6-18(7-5-10)12-3-2-11(14)8-15-12/h2-3,8,10H,4-7,14H2,1H3. The van der Waals surface area contributed by atoms with E-state index in [4.69, 9.17) is 10.3 Å². The predicted molar refractivity (Wildman–Crippen MR) is 71.9 cm³/mol. The monoisotopic (exact) mass is 259 g/mol. The average molecular weight is 259 g/mol. The summed E-state index contributed by atoms with van der Waals surface area (Å²) in [4.78, 5) is 10.9. The molecule has 1 aliphatic heterocycles. The van der Waals surface area contributed by atoms with Crippen LogP contribution in [-0.2, 0) is 0 Å². The maximum Gasteiger partial charge on any atom is 0.229 e. The minimum atomic E-state index is 0.367. The molecule has 1 aliphatic rings. The number of anilines is 2. The zero-order valence-electron chi connectivity index (χ0n) is 10.9. The Morgan fingerprint density at radius 2 is 2.11 bits per heavy atom. The van der Waals surface area contributed by atoms with Gasteiger partial charge >= 0.3 is 0 Å². The van der Waals surface area contributed by atoms with Gasteiger partial charge in [0, 0.05) is 19.0 Å². The van der Waals surface area contributed by atoms with Crippen LogP contribution in [0.15, 0.2) is 22.9 Å². The lowest BCUT2D eigenvalue weighted by Crippen LogP contribution is -2.33. The van der Waals surface area contributed by atoms with Gasteiger partial charge in [-0.1, -0.05) is 5.16 Å². The molecule has 0 unspecified atom stereocenters. The molecule has 0 radical (unpaired) electrons.